The molecule has 2 amide bonds. The van der Waals surface area contributed by atoms with Gasteiger partial charge in [-0.1, -0.05) is 13.8 Å². The molecule has 2 N–H and O–H groups in total. The van der Waals surface area contributed by atoms with Gasteiger partial charge in [-0.25, -0.2) is 9.07 Å². The molecule has 0 aliphatic carbocycles. The second-order valence-corrected chi connectivity index (χ2v) is 7.47. The van der Waals surface area contributed by atoms with Gasteiger partial charge in [0.15, 0.2) is 0 Å². The fraction of sp³-hybridized carbons (Fsp3) is 0.421. The van der Waals surface area contributed by atoms with Gasteiger partial charge in [0.25, 0.3) is 5.91 Å². The number of halogens is 1. The average Bonchev–Trinajstić information content (AvgIpc) is 2.97. The summed E-state index contributed by atoms with van der Waals surface area (Å²) in [5.74, 6) is -0.962. The lowest BCUT2D eigenvalue weighted by Gasteiger charge is -2.20. The van der Waals surface area contributed by atoms with Crippen LogP contribution in [0.1, 0.15) is 56.6 Å². The van der Waals surface area contributed by atoms with Crippen molar-refractivity contribution < 1.29 is 14.0 Å². The largest absolute Gasteiger partial charge is 0.350 e. The van der Waals surface area contributed by atoms with E-state index in [2.05, 4.69) is 15.7 Å². The number of nitrogens with zero attached hydrogens (tertiary/aromatic N) is 2. The zero-order valence-corrected chi connectivity index (χ0v) is 15.8. The molecule has 140 valence electrons. The first-order valence-electron chi connectivity index (χ1n) is 8.51. The molecular weight excluding hydrogens is 335 g/mol. The van der Waals surface area contributed by atoms with Gasteiger partial charge in [0, 0.05) is 5.54 Å². The van der Waals surface area contributed by atoms with Gasteiger partial charge in [-0.3, -0.25) is 9.59 Å². The van der Waals surface area contributed by atoms with Crippen LogP contribution in [0.3, 0.4) is 0 Å². The molecule has 2 rings (SSSR count). The van der Waals surface area contributed by atoms with Crippen molar-refractivity contribution in [1.82, 2.24) is 20.4 Å². The SMILES string of the molecule is CC(C)c1c(C(=O)NCC(=O)NC(C)(C)C)cnn1-c1ccc(F)cc1. The molecule has 0 aliphatic rings. The Morgan fingerprint density at radius 2 is 1.81 bits per heavy atom. The smallest absolute Gasteiger partial charge is 0.255 e. The minimum Gasteiger partial charge on any atom is -0.350 e. The molecule has 0 saturated carbocycles. The number of aromatic nitrogens is 2. The zero-order valence-electron chi connectivity index (χ0n) is 15.8. The van der Waals surface area contributed by atoms with Gasteiger partial charge < -0.3 is 10.6 Å². The van der Waals surface area contributed by atoms with Crippen LogP contribution >= 0.6 is 0 Å². The normalized spacial score (nSPS) is 11.5. The van der Waals surface area contributed by atoms with Gasteiger partial charge in [0.05, 0.1) is 29.7 Å². The van der Waals surface area contributed by atoms with Crippen LogP contribution in [-0.4, -0.2) is 33.7 Å². The Morgan fingerprint density at radius 1 is 1.19 bits per heavy atom. The van der Waals surface area contributed by atoms with Crippen molar-refractivity contribution >= 4 is 11.8 Å². The quantitative estimate of drug-likeness (QED) is 0.861. The number of hydrogen-bond donors (Lipinski definition) is 2. The van der Waals surface area contributed by atoms with E-state index >= 15 is 0 Å². The van der Waals surface area contributed by atoms with Crippen LogP contribution in [0.25, 0.3) is 5.69 Å². The Bertz CT molecular complexity index is 789. The van der Waals surface area contributed by atoms with E-state index in [0.717, 1.165) is 0 Å². The number of carbonyl (C=O) groups is 2. The summed E-state index contributed by atoms with van der Waals surface area (Å²) in [7, 11) is 0. The molecule has 0 bridgehead atoms. The second-order valence-electron chi connectivity index (χ2n) is 7.47. The van der Waals surface area contributed by atoms with Crippen molar-refractivity contribution in [2.75, 3.05) is 6.54 Å². The predicted molar refractivity (Wildman–Crippen MR) is 97.8 cm³/mol. The number of amides is 2. The Labute approximate surface area is 152 Å². The fourth-order valence-corrected chi connectivity index (χ4v) is 2.59. The summed E-state index contributed by atoms with van der Waals surface area (Å²) in [6.45, 7) is 9.39. The standard InChI is InChI=1S/C19H25FN4O2/c1-12(2)17-15(18(26)21-11-16(25)23-19(3,4)5)10-22-24(17)14-8-6-13(20)7-9-14/h6-10,12H,11H2,1-5H3,(H,21,26)(H,23,25). The molecular formula is C19H25FN4O2. The molecule has 1 aromatic carbocycles. The highest BCUT2D eigenvalue weighted by molar-refractivity contribution is 5.97. The summed E-state index contributed by atoms with van der Waals surface area (Å²) in [5, 5.41) is 9.69. The van der Waals surface area contributed by atoms with Crippen LogP contribution in [0.4, 0.5) is 4.39 Å². The van der Waals surface area contributed by atoms with Gasteiger partial charge in [-0.15, -0.1) is 0 Å². The van der Waals surface area contributed by atoms with Crippen LogP contribution in [0.5, 0.6) is 0 Å². The van der Waals surface area contributed by atoms with Crippen molar-refractivity contribution in [3.63, 3.8) is 0 Å². The Morgan fingerprint density at radius 3 is 2.35 bits per heavy atom. The van der Waals surface area contributed by atoms with Crippen LogP contribution < -0.4 is 10.6 Å². The number of rotatable bonds is 5. The molecule has 2 aromatic rings. The maximum Gasteiger partial charge on any atom is 0.255 e. The summed E-state index contributed by atoms with van der Waals surface area (Å²) in [5.41, 5.74) is 1.40. The minimum absolute atomic E-state index is 0.00621. The second kappa shape index (κ2) is 7.68. The first kappa shape index (κ1) is 19.6. The lowest BCUT2D eigenvalue weighted by atomic mass is 10.0. The van der Waals surface area contributed by atoms with Crippen molar-refractivity contribution in [1.29, 1.82) is 0 Å². The number of benzene rings is 1. The van der Waals surface area contributed by atoms with Crippen LogP contribution in [0.2, 0.25) is 0 Å². The van der Waals surface area contributed by atoms with Crippen LogP contribution in [-0.2, 0) is 4.79 Å². The molecule has 0 atom stereocenters. The van der Waals surface area contributed by atoms with Gasteiger partial charge in [0.1, 0.15) is 5.82 Å². The number of hydrogen-bond acceptors (Lipinski definition) is 3. The van der Waals surface area contributed by atoms with Gasteiger partial charge in [-0.05, 0) is 51.0 Å². The first-order chi connectivity index (χ1) is 12.1. The van der Waals surface area contributed by atoms with Crippen LogP contribution in [0, 0.1) is 5.82 Å². The highest BCUT2D eigenvalue weighted by Gasteiger charge is 2.22. The third-order valence-corrected chi connectivity index (χ3v) is 3.59. The molecule has 0 spiro atoms. The topological polar surface area (TPSA) is 76.0 Å². The Hall–Kier alpha value is -2.70. The zero-order chi connectivity index (χ0) is 19.5. The minimum atomic E-state index is -0.369. The third-order valence-electron chi connectivity index (χ3n) is 3.59. The summed E-state index contributed by atoms with van der Waals surface area (Å²) in [6, 6.07) is 5.90. The van der Waals surface area contributed by atoms with Crippen molar-refractivity contribution in [2.24, 2.45) is 0 Å². The van der Waals surface area contributed by atoms with Gasteiger partial charge >= 0.3 is 0 Å². The number of carbonyl (C=O) groups excluding carboxylic acids is 2. The monoisotopic (exact) mass is 360 g/mol. The fourth-order valence-electron chi connectivity index (χ4n) is 2.59. The molecule has 0 aliphatic heterocycles. The Balaban J connectivity index is 2.20. The summed E-state index contributed by atoms with van der Waals surface area (Å²) >= 11 is 0. The third kappa shape index (κ3) is 4.91. The first-order valence-corrected chi connectivity index (χ1v) is 8.51. The van der Waals surface area contributed by atoms with E-state index in [1.165, 1.54) is 18.3 Å². The van der Waals surface area contributed by atoms with E-state index in [0.29, 0.717) is 16.9 Å². The lowest BCUT2D eigenvalue weighted by molar-refractivity contribution is -0.121. The molecule has 7 heteroatoms. The maximum absolute atomic E-state index is 13.2. The molecule has 1 heterocycles. The molecule has 0 fully saturated rings. The molecule has 1 aromatic heterocycles. The van der Waals surface area contributed by atoms with E-state index < -0.39 is 0 Å². The highest BCUT2D eigenvalue weighted by atomic mass is 19.1. The van der Waals surface area contributed by atoms with E-state index in [1.54, 1.807) is 16.8 Å². The van der Waals surface area contributed by atoms with E-state index in [1.807, 2.05) is 34.6 Å². The van der Waals surface area contributed by atoms with E-state index in [9.17, 15) is 14.0 Å². The van der Waals surface area contributed by atoms with Crippen molar-refractivity contribution in [3.05, 3.63) is 47.5 Å². The summed E-state index contributed by atoms with van der Waals surface area (Å²) in [4.78, 5) is 24.4. The molecule has 6 nitrogen and oxygen atoms in total. The lowest BCUT2D eigenvalue weighted by Crippen LogP contribution is -2.45. The Kier molecular flexibility index (Phi) is 5.79. The molecule has 0 unspecified atom stereocenters. The summed E-state index contributed by atoms with van der Waals surface area (Å²) < 4.78 is 14.8. The maximum atomic E-state index is 13.2. The average molecular weight is 360 g/mol. The molecule has 0 saturated heterocycles. The predicted octanol–water partition coefficient (Wildman–Crippen LogP) is 2.78. The van der Waals surface area contributed by atoms with Gasteiger partial charge in [-0.2, -0.15) is 5.10 Å². The molecule has 0 radical (unpaired) electrons. The highest BCUT2D eigenvalue weighted by Crippen LogP contribution is 2.23. The van der Waals surface area contributed by atoms with E-state index in [-0.39, 0.29) is 35.6 Å². The van der Waals surface area contributed by atoms with E-state index in [4.69, 9.17) is 0 Å². The number of nitrogens with one attached hydrogen (secondary N) is 2. The van der Waals surface area contributed by atoms with Crippen LogP contribution in [0.15, 0.2) is 30.5 Å². The van der Waals surface area contributed by atoms with Gasteiger partial charge in [0.2, 0.25) is 5.91 Å². The van der Waals surface area contributed by atoms with Crippen molar-refractivity contribution in [3.8, 4) is 5.69 Å². The molecule has 26 heavy (non-hydrogen) atoms. The summed E-state index contributed by atoms with van der Waals surface area (Å²) in [6.07, 6.45) is 1.47. The van der Waals surface area contributed by atoms with Crippen molar-refractivity contribution in [2.45, 2.75) is 46.1 Å².